The highest BCUT2D eigenvalue weighted by molar-refractivity contribution is 5.80. The lowest BCUT2D eigenvalue weighted by molar-refractivity contribution is -0.148. The van der Waals surface area contributed by atoms with Crippen LogP contribution in [0.15, 0.2) is 0 Å². The van der Waals surface area contributed by atoms with Crippen LogP contribution in [0.2, 0.25) is 0 Å². The van der Waals surface area contributed by atoms with Gasteiger partial charge in [0.15, 0.2) is 0 Å². The average molecular weight is 254 g/mol. The highest BCUT2D eigenvalue weighted by Gasteiger charge is 2.31. The number of amides is 1. The summed E-state index contributed by atoms with van der Waals surface area (Å²) in [5, 5.41) is 0. The molecule has 2 rings (SSSR count). The molecule has 3 unspecified atom stereocenters. The van der Waals surface area contributed by atoms with Crippen molar-refractivity contribution in [3.63, 3.8) is 0 Å². The third kappa shape index (κ3) is 3.23. The summed E-state index contributed by atoms with van der Waals surface area (Å²) in [5.74, 6) is 0.610. The summed E-state index contributed by atoms with van der Waals surface area (Å²) >= 11 is 0. The molecule has 0 aromatic carbocycles. The number of carbonyl (C=O) groups excluding carboxylic acids is 1. The molecule has 0 spiro atoms. The minimum Gasteiger partial charge on any atom is -0.365 e. The summed E-state index contributed by atoms with van der Waals surface area (Å²) in [6.45, 7) is 4.37. The molecule has 1 aliphatic heterocycles. The highest BCUT2D eigenvalue weighted by atomic mass is 16.5. The van der Waals surface area contributed by atoms with E-state index in [-0.39, 0.29) is 18.1 Å². The molecule has 4 nitrogen and oxygen atoms in total. The van der Waals surface area contributed by atoms with E-state index < -0.39 is 0 Å². The third-order valence-corrected chi connectivity index (χ3v) is 4.29. The summed E-state index contributed by atoms with van der Waals surface area (Å²) in [4.78, 5) is 14.2. The average Bonchev–Trinajstić information content (AvgIpc) is 2.86. The first-order chi connectivity index (χ1) is 8.72. The van der Waals surface area contributed by atoms with E-state index in [4.69, 9.17) is 10.5 Å². The van der Waals surface area contributed by atoms with Crippen LogP contribution in [0.4, 0.5) is 0 Å². The molecule has 4 heteroatoms. The first-order valence-corrected chi connectivity index (χ1v) is 7.36. The molecule has 3 atom stereocenters. The van der Waals surface area contributed by atoms with Crippen molar-refractivity contribution < 1.29 is 9.53 Å². The lowest BCUT2D eigenvalue weighted by Crippen LogP contribution is -2.43. The van der Waals surface area contributed by atoms with Crippen LogP contribution in [0.3, 0.4) is 0 Å². The Morgan fingerprint density at radius 2 is 2.00 bits per heavy atom. The molecule has 2 N–H and O–H groups in total. The van der Waals surface area contributed by atoms with Gasteiger partial charge in [0, 0.05) is 13.1 Å². The molecule has 1 aliphatic carbocycles. The monoisotopic (exact) mass is 254 g/mol. The first kappa shape index (κ1) is 13.8. The molecule has 1 amide bonds. The van der Waals surface area contributed by atoms with Crippen molar-refractivity contribution in [1.29, 1.82) is 0 Å². The van der Waals surface area contributed by atoms with Crippen molar-refractivity contribution in [2.24, 2.45) is 11.7 Å². The van der Waals surface area contributed by atoms with E-state index in [2.05, 4.69) is 0 Å². The van der Waals surface area contributed by atoms with Crippen LogP contribution in [-0.2, 0) is 9.53 Å². The van der Waals surface area contributed by atoms with Gasteiger partial charge in [0.1, 0.15) is 6.10 Å². The van der Waals surface area contributed by atoms with E-state index in [0.29, 0.717) is 12.5 Å². The van der Waals surface area contributed by atoms with Crippen molar-refractivity contribution in [3.05, 3.63) is 0 Å². The van der Waals surface area contributed by atoms with Gasteiger partial charge >= 0.3 is 0 Å². The van der Waals surface area contributed by atoms with E-state index in [0.717, 1.165) is 38.8 Å². The number of rotatable bonds is 4. The number of ether oxygens (including phenoxy) is 1. The number of carbonyl (C=O) groups is 1. The van der Waals surface area contributed by atoms with Crippen LogP contribution in [0.25, 0.3) is 0 Å². The van der Waals surface area contributed by atoms with E-state index in [1.165, 1.54) is 12.8 Å². The fraction of sp³-hybridized carbons (Fsp3) is 0.929. The highest BCUT2D eigenvalue weighted by Crippen LogP contribution is 2.28. The Hall–Kier alpha value is -0.610. The fourth-order valence-corrected chi connectivity index (χ4v) is 3.14. The van der Waals surface area contributed by atoms with Gasteiger partial charge in [-0.3, -0.25) is 4.79 Å². The van der Waals surface area contributed by atoms with Crippen molar-refractivity contribution in [1.82, 2.24) is 4.90 Å². The molecule has 0 radical (unpaired) electrons. The Bertz CT molecular complexity index is 277. The SMILES string of the molecule is CC(OC1CCCC1CN)C(=O)N1CCCCC1. The second-order valence-electron chi connectivity index (χ2n) is 5.63. The minimum atomic E-state index is -0.305. The standard InChI is InChI=1S/C14H26N2O2/c1-11(14(17)16-8-3-2-4-9-16)18-13-7-5-6-12(13)10-15/h11-13H,2-10,15H2,1H3. The lowest BCUT2D eigenvalue weighted by Gasteiger charge is -2.31. The van der Waals surface area contributed by atoms with Gasteiger partial charge in [-0.25, -0.2) is 0 Å². The minimum absolute atomic E-state index is 0.164. The molecule has 0 bridgehead atoms. The molecule has 1 heterocycles. The number of nitrogens with zero attached hydrogens (tertiary/aromatic N) is 1. The molecule has 0 aromatic heterocycles. The van der Waals surface area contributed by atoms with Crippen LogP contribution in [0.5, 0.6) is 0 Å². The Kier molecular flexibility index (Phi) is 5.01. The molecule has 2 fully saturated rings. The van der Waals surface area contributed by atoms with Crippen molar-refractivity contribution >= 4 is 5.91 Å². The molecule has 0 aromatic rings. The van der Waals surface area contributed by atoms with E-state index >= 15 is 0 Å². The van der Waals surface area contributed by atoms with Crippen LogP contribution in [0, 0.1) is 5.92 Å². The number of piperidine rings is 1. The Balaban J connectivity index is 1.82. The maximum Gasteiger partial charge on any atom is 0.251 e. The zero-order valence-corrected chi connectivity index (χ0v) is 11.4. The van der Waals surface area contributed by atoms with E-state index in [1.807, 2.05) is 11.8 Å². The predicted molar refractivity (Wildman–Crippen MR) is 71.2 cm³/mol. The van der Waals surface area contributed by atoms with Crippen molar-refractivity contribution in [2.45, 2.75) is 57.7 Å². The van der Waals surface area contributed by atoms with Crippen LogP contribution < -0.4 is 5.73 Å². The van der Waals surface area contributed by atoms with Crippen molar-refractivity contribution in [3.8, 4) is 0 Å². The largest absolute Gasteiger partial charge is 0.365 e. The zero-order valence-electron chi connectivity index (χ0n) is 11.4. The number of hydrogen-bond acceptors (Lipinski definition) is 3. The predicted octanol–water partition coefficient (Wildman–Crippen LogP) is 1.53. The Labute approximate surface area is 110 Å². The third-order valence-electron chi connectivity index (χ3n) is 4.29. The van der Waals surface area contributed by atoms with Crippen molar-refractivity contribution in [2.75, 3.05) is 19.6 Å². The fourth-order valence-electron chi connectivity index (χ4n) is 3.14. The molecular formula is C14H26N2O2. The molecule has 2 aliphatic rings. The van der Waals surface area contributed by atoms with Gasteiger partial charge in [0.25, 0.3) is 5.91 Å². The van der Waals surface area contributed by atoms with Crippen LogP contribution >= 0.6 is 0 Å². The van der Waals surface area contributed by atoms with Gasteiger partial charge in [-0.1, -0.05) is 6.42 Å². The summed E-state index contributed by atoms with van der Waals surface area (Å²) in [6, 6.07) is 0. The Morgan fingerprint density at radius 1 is 1.28 bits per heavy atom. The summed E-state index contributed by atoms with van der Waals surface area (Å²) in [7, 11) is 0. The molecule has 1 saturated heterocycles. The van der Waals surface area contributed by atoms with Gasteiger partial charge in [-0.2, -0.15) is 0 Å². The zero-order chi connectivity index (χ0) is 13.0. The van der Waals surface area contributed by atoms with Gasteiger partial charge in [0.2, 0.25) is 0 Å². The topological polar surface area (TPSA) is 55.6 Å². The van der Waals surface area contributed by atoms with Crippen LogP contribution in [-0.4, -0.2) is 42.6 Å². The molecule has 104 valence electrons. The smallest absolute Gasteiger partial charge is 0.251 e. The quantitative estimate of drug-likeness (QED) is 0.828. The van der Waals surface area contributed by atoms with Gasteiger partial charge < -0.3 is 15.4 Å². The summed E-state index contributed by atoms with van der Waals surface area (Å²) in [5.41, 5.74) is 5.74. The summed E-state index contributed by atoms with van der Waals surface area (Å²) in [6.07, 6.45) is 6.78. The molecule has 18 heavy (non-hydrogen) atoms. The van der Waals surface area contributed by atoms with Crippen LogP contribution in [0.1, 0.15) is 45.4 Å². The summed E-state index contributed by atoms with van der Waals surface area (Å²) < 4.78 is 5.96. The Morgan fingerprint density at radius 3 is 2.67 bits per heavy atom. The maximum atomic E-state index is 12.3. The molecule has 1 saturated carbocycles. The number of likely N-dealkylation sites (tertiary alicyclic amines) is 1. The van der Waals surface area contributed by atoms with Gasteiger partial charge in [-0.05, 0) is 51.5 Å². The molecular weight excluding hydrogens is 228 g/mol. The number of hydrogen-bond donors (Lipinski definition) is 1. The van der Waals surface area contributed by atoms with Gasteiger partial charge in [-0.15, -0.1) is 0 Å². The van der Waals surface area contributed by atoms with E-state index in [9.17, 15) is 4.79 Å². The second-order valence-corrected chi connectivity index (χ2v) is 5.63. The maximum absolute atomic E-state index is 12.3. The number of nitrogens with two attached hydrogens (primary N) is 1. The lowest BCUT2D eigenvalue weighted by atomic mass is 10.1. The first-order valence-electron chi connectivity index (χ1n) is 7.36. The second kappa shape index (κ2) is 6.53. The van der Waals surface area contributed by atoms with E-state index in [1.54, 1.807) is 0 Å². The van der Waals surface area contributed by atoms with Gasteiger partial charge in [0.05, 0.1) is 6.10 Å². The normalized spacial score (nSPS) is 30.4.